The number of hydrogen-bond donors (Lipinski definition) is 7. The number of hydrogen-bond acceptors (Lipinski definition) is 9. The van der Waals surface area contributed by atoms with E-state index in [0.29, 0.717) is 38.6 Å². The van der Waals surface area contributed by atoms with Crippen LogP contribution in [0, 0.1) is 0 Å². The zero-order valence-corrected chi connectivity index (χ0v) is 21.5. The summed E-state index contributed by atoms with van der Waals surface area (Å²) in [5.74, 6) is -2.50. The number of carbonyl (C=O) groups excluding carboxylic acids is 4. The minimum Gasteiger partial charge on any atom is -0.481 e. The fourth-order valence-electron chi connectivity index (χ4n) is 3.78. The molecular weight excluding hydrogens is 492 g/mol. The van der Waals surface area contributed by atoms with Gasteiger partial charge in [0.2, 0.25) is 23.6 Å². The number of amides is 4. The molecule has 7 N–H and O–H groups in total. The lowest BCUT2D eigenvalue weighted by Gasteiger charge is -2.42. The molecule has 0 bridgehead atoms. The normalized spacial score (nSPS) is 24.0. The summed E-state index contributed by atoms with van der Waals surface area (Å²) in [6.45, 7) is 4.22. The van der Waals surface area contributed by atoms with Crippen molar-refractivity contribution in [2.75, 3.05) is 19.7 Å². The van der Waals surface area contributed by atoms with Gasteiger partial charge in [-0.25, -0.2) is 0 Å². The first-order chi connectivity index (χ1) is 17.4. The van der Waals surface area contributed by atoms with E-state index in [1.807, 2.05) is 0 Å². The van der Waals surface area contributed by atoms with Crippen LogP contribution in [0.1, 0.15) is 59.3 Å². The van der Waals surface area contributed by atoms with Crippen molar-refractivity contribution >= 4 is 29.6 Å². The first-order valence-corrected chi connectivity index (χ1v) is 12.3. The Bertz CT molecular complexity index is 781. The Morgan fingerprint density at radius 2 is 1.59 bits per heavy atom. The Morgan fingerprint density at radius 3 is 2.19 bits per heavy atom. The van der Waals surface area contributed by atoms with Crippen LogP contribution in [0.25, 0.3) is 0 Å². The van der Waals surface area contributed by atoms with Crippen LogP contribution in [0.5, 0.6) is 0 Å². The summed E-state index contributed by atoms with van der Waals surface area (Å²) < 4.78 is 11.4. The Balaban J connectivity index is 2.73. The van der Waals surface area contributed by atoms with Gasteiger partial charge in [0, 0.05) is 46.9 Å². The van der Waals surface area contributed by atoms with Crippen LogP contribution < -0.4 is 21.3 Å². The number of aliphatic carboxylic acids is 1. The summed E-state index contributed by atoms with van der Waals surface area (Å²) in [5.41, 5.74) is 0. The summed E-state index contributed by atoms with van der Waals surface area (Å²) in [7, 11) is 0. The lowest BCUT2D eigenvalue weighted by atomic mass is 9.96. The molecule has 0 spiro atoms. The van der Waals surface area contributed by atoms with Crippen molar-refractivity contribution < 1.29 is 48.8 Å². The molecule has 1 aliphatic rings. The Morgan fingerprint density at radius 1 is 0.892 bits per heavy atom. The lowest BCUT2D eigenvalue weighted by Crippen LogP contribution is -2.65. The molecule has 0 aromatic heterocycles. The van der Waals surface area contributed by atoms with Gasteiger partial charge < -0.3 is 46.1 Å². The van der Waals surface area contributed by atoms with Crippen LogP contribution in [0.2, 0.25) is 0 Å². The van der Waals surface area contributed by atoms with Gasteiger partial charge in [0.05, 0.1) is 0 Å². The molecule has 0 aromatic carbocycles. The number of rotatable bonds is 16. The van der Waals surface area contributed by atoms with Crippen LogP contribution in [0.3, 0.4) is 0 Å². The Labute approximate surface area is 215 Å². The molecule has 14 nitrogen and oxygen atoms in total. The highest BCUT2D eigenvalue weighted by atomic mass is 16.7. The van der Waals surface area contributed by atoms with Crippen molar-refractivity contribution in [3.8, 4) is 0 Å². The van der Waals surface area contributed by atoms with Gasteiger partial charge in [0.1, 0.15) is 30.4 Å². The van der Waals surface area contributed by atoms with Gasteiger partial charge in [-0.05, 0) is 32.1 Å². The molecule has 0 radical (unpaired) electrons. The van der Waals surface area contributed by atoms with E-state index in [4.69, 9.17) is 14.6 Å². The van der Waals surface area contributed by atoms with Gasteiger partial charge in [0.25, 0.3) is 0 Å². The number of carbonyl (C=O) groups is 5. The van der Waals surface area contributed by atoms with Gasteiger partial charge in [-0.3, -0.25) is 24.0 Å². The highest BCUT2D eigenvalue weighted by Gasteiger charge is 2.45. The van der Waals surface area contributed by atoms with Gasteiger partial charge in [0.15, 0.2) is 6.29 Å². The maximum absolute atomic E-state index is 12.7. The summed E-state index contributed by atoms with van der Waals surface area (Å²) in [6.07, 6.45) is -3.02. The van der Waals surface area contributed by atoms with Crippen LogP contribution >= 0.6 is 0 Å². The molecule has 1 saturated heterocycles. The molecule has 0 aliphatic carbocycles. The predicted octanol–water partition coefficient (Wildman–Crippen LogP) is -1.86. The number of nitrogens with one attached hydrogen (secondary N) is 4. The van der Waals surface area contributed by atoms with E-state index in [9.17, 15) is 34.2 Å². The monoisotopic (exact) mass is 532 g/mol. The van der Waals surface area contributed by atoms with Gasteiger partial charge in [-0.2, -0.15) is 0 Å². The van der Waals surface area contributed by atoms with Gasteiger partial charge in [-0.1, -0.05) is 0 Å². The first-order valence-electron chi connectivity index (χ1n) is 12.3. The molecule has 0 aromatic rings. The van der Waals surface area contributed by atoms with E-state index in [-0.39, 0.29) is 25.5 Å². The molecule has 1 heterocycles. The third-order valence-electron chi connectivity index (χ3n) is 5.60. The Kier molecular flexibility index (Phi) is 14.7. The van der Waals surface area contributed by atoms with Crippen molar-refractivity contribution in [1.29, 1.82) is 0 Å². The number of carboxylic acids is 1. The summed E-state index contributed by atoms with van der Waals surface area (Å²) in [6, 6.07) is -1.94. The summed E-state index contributed by atoms with van der Waals surface area (Å²) >= 11 is 0. The third-order valence-corrected chi connectivity index (χ3v) is 5.60. The molecule has 0 saturated carbocycles. The maximum atomic E-state index is 12.7. The second-order valence-electron chi connectivity index (χ2n) is 8.95. The van der Waals surface area contributed by atoms with E-state index in [1.54, 1.807) is 0 Å². The van der Waals surface area contributed by atoms with Crippen molar-refractivity contribution in [2.24, 2.45) is 0 Å². The van der Waals surface area contributed by atoms with Crippen LogP contribution in [-0.4, -0.2) is 101 Å². The highest BCUT2D eigenvalue weighted by Crippen LogP contribution is 2.22. The fraction of sp³-hybridized carbons (Fsp3) is 0.783. The SMILES string of the molecule is CC(=O)NCCCC[C@@H](NC(C)=O)C(=O)NCC1OC(OCCCCC(=O)O)C(NC(C)=O)C(O)C1O. The minimum atomic E-state index is -1.47. The third kappa shape index (κ3) is 12.8. The predicted molar refractivity (Wildman–Crippen MR) is 129 cm³/mol. The lowest BCUT2D eigenvalue weighted by molar-refractivity contribution is -0.263. The topological polar surface area (TPSA) is 213 Å². The second kappa shape index (κ2) is 16.8. The van der Waals surface area contributed by atoms with Crippen LogP contribution in [0.4, 0.5) is 0 Å². The number of ether oxygens (including phenoxy) is 2. The first kappa shape index (κ1) is 32.2. The van der Waals surface area contributed by atoms with E-state index in [0.717, 1.165) is 0 Å². The molecular formula is C23H40N4O10. The molecule has 1 fully saturated rings. The van der Waals surface area contributed by atoms with Crippen LogP contribution in [-0.2, 0) is 33.4 Å². The molecule has 6 atom stereocenters. The summed E-state index contributed by atoms with van der Waals surface area (Å²) in [5, 5.41) is 40.2. The summed E-state index contributed by atoms with van der Waals surface area (Å²) in [4.78, 5) is 57.5. The van der Waals surface area contributed by atoms with Crippen molar-refractivity contribution in [1.82, 2.24) is 21.3 Å². The number of unbranched alkanes of at least 4 members (excludes halogenated alkanes) is 2. The van der Waals surface area contributed by atoms with E-state index in [1.165, 1.54) is 20.8 Å². The smallest absolute Gasteiger partial charge is 0.303 e. The van der Waals surface area contributed by atoms with E-state index < -0.39 is 60.4 Å². The fourth-order valence-corrected chi connectivity index (χ4v) is 3.78. The molecule has 1 aliphatic heterocycles. The number of aliphatic hydroxyl groups is 2. The van der Waals surface area contributed by atoms with Crippen LogP contribution in [0.15, 0.2) is 0 Å². The maximum Gasteiger partial charge on any atom is 0.303 e. The minimum absolute atomic E-state index is 0.0390. The molecule has 212 valence electrons. The van der Waals surface area contributed by atoms with E-state index in [2.05, 4.69) is 21.3 Å². The highest BCUT2D eigenvalue weighted by molar-refractivity contribution is 5.86. The molecule has 14 heteroatoms. The van der Waals surface area contributed by atoms with Gasteiger partial charge in [-0.15, -0.1) is 0 Å². The van der Waals surface area contributed by atoms with Crippen molar-refractivity contribution in [3.63, 3.8) is 0 Å². The number of carboxylic acid groups (broad SMARTS) is 1. The largest absolute Gasteiger partial charge is 0.481 e. The molecule has 5 unspecified atom stereocenters. The standard InChI is InChI=1S/C23H40N4O10/c1-13(28)24-10-6-4-8-16(26-14(2)29)22(35)25-12-17-20(33)21(34)19(27-15(3)30)23(37-17)36-11-7-5-9-18(31)32/h16-17,19-21,23,33-34H,4-12H2,1-3H3,(H,24,28)(H,25,35)(H,26,29)(H,27,30)(H,31,32)/t16-,17?,19?,20?,21?,23?/m1/s1. The Hall–Kier alpha value is -2.81. The number of aliphatic hydroxyl groups excluding tert-OH is 2. The second-order valence-corrected chi connectivity index (χ2v) is 8.95. The van der Waals surface area contributed by atoms with Crippen molar-refractivity contribution in [3.05, 3.63) is 0 Å². The molecule has 37 heavy (non-hydrogen) atoms. The zero-order chi connectivity index (χ0) is 28.0. The average Bonchev–Trinajstić information content (AvgIpc) is 2.80. The quantitative estimate of drug-likeness (QED) is 0.110. The van der Waals surface area contributed by atoms with Crippen molar-refractivity contribution in [2.45, 2.75) is 96.0 Å². The molecule has 4 amide bonds. The van der Waals surface area contributed by atoms with Gasteiger partial charge >= 0.3 is 5.97 Å². The van der Waals surface area contributed by atoms with E-state index >= 15 is 0 Å². The zero-order valence-electron chi connectivity index (χ0n) is 21.5. The molecule has 1 rings (SSSR count). The average molecular weight is 533 g/mol.